The molecule has 2 fully saturated rings. The van der Waals surface area contributed by atoms with Crippen molar-refractivity contribution in [3.05, 3.63) is 29.8 Å². The highest BCUT2D eigenvalue weighted by molar-refractivity contribution is 6.10. The summed E-state index contributed by atoms with van der Waals surface area (Å²) in [6, 6.07) is 6.37. The van der Waals surface area contributed by atoms with Crippen molar-refractivity contribution in [3.63, 3.8) is 0 Å². The van der Waals surface area contributed by atoms with E-state index in [1.54, 1.807) is 23.1 Å². The molecule has 0 bridgehead atoms. The zero-order valence-corrected chi connectivity index (χ0v) is 12.4. The zero-order valence-electron chi connectivity index (χ0n) is 12.4. The molecule has 120 valence electrons. The fourth-order valence-corrected chi connectivity index (χ4v) is 3.13. The van der Waals surface area contributed by atoms with E-state index in [0.717, 1.165) is 0 Å². The summed E-state index contributed by atoms with van der Waals surface area (Å²) in [6.07, 6.45) is 0.778. The molecule has 2 aliphatic rings. The molecule has 0 radical (unpaired) electrons. The van der Waals surface area contributed by atoms with Crippen LogP contribution in [0.15, 0.2) is 24.3 Å². The third-order valence-corrected chi connectivity index (χ3v) is 4.40. The molecule has 0 aromatic heterocycles. The lowest BCUT2D eigenvalue weighted by atomic mass is 9.85. The molecule has 2 heterocycles. The lowest BCUT2D eigenvalue weighted by Gasteiger charge is -2.38. The Morgan fingerprint density at radius 1 is 1.26 bits per heavy atom. The topological polar surface area (TPSA) is 92.8 Å². The Balaban J connectivity index is 1.69. The molecule has 1 aromatic rings. The molecule has 2 amide bonds. The molecule has 1 aromatic carbocycles. The first-order valence-corrected chi connectivity index (χ1v) is 7.38. The number of ether oxygens (including phenoxy) is 1. The minimum Gasteiger partial charge on any atom is -0.429 e. The molecule has 1 spiro atoms. The van der Waals surface area contributed by atoms with E-state index in [0.29, 0.717) is 43.7 Å². The Morgan fingerprint density at radius 2 is 2.00 bits per heavy atom. The van der Waals surface area contributed by atoms with Crippen molar-refractivity contribution in [2.45, 2.75) is 24.8 Å². The summed E-state index contributed by atoms with van der Waals surface area (Å²) in [5, 5.41) is 2.76. The summed E-state index contributed by atoms with van der Waals surface area (Å²) in [5.41, 5.74) is -0.377. The predicted molar refractivity (Wildman–Crippen MR) is 78.8 cm³/mol. The van der Waals surface area contributed by atoms with Crippen LogP contribution in [0.1, 0.15) is 29.6 Å². The van der Waals surface area contributed by atoms with Gasteiger partial charge in [0.25, 0.3) is 12.4 Å². The van der Waals surface area contributed by atoms with E-state index in [2.05, 4.69) is 5.32 Å². The Morgan fingerprint density at radius 3 is 2.61 bits per heavy atom. The van der Waals surface area contributed by atoms with Gasteiger partial charge in [-0.25, -0.2) is 0 Å². The van der Waals surface area contributed by atoms with E-state index < -0.39 is 5.54 Å². The highest BCUT2D eigenvalue weighted by Crippen LogP contribution is 2.29. The maximum Gasteiger partial charge on any atom is 0.298 e. The number of piperidine rings is 1. The van der Waals surface area contributed by atoms with Crippen LogP contribution in [-0.2, 0) is 14.4 Å². The average molecular weight is 316 g/mol. The number of likely N-dealkylation sites (tertiary alicyclic amines) is 1. The van der Waals surface area contributed by atoms with Crippen LogP contribution >= 0.6 is 0 Å². The summed E-state index contributed by atoms with van der Waals surface area (Å²) in [6.45, 7) is 1.09. The summed E-state index contributed by atoms with van der Waals surface area (Å²) < 4.78 is 4.74. The molecule has 7 nitrogen and oxygen atoms in total. The summed E-state index contributed by atoms with van der Waals surface area (Å²) in [7, 11) is 0. The van der Waals surface area contributed by atoms with E-state index in [1.807, 2.05) is 0 Å². The molecule has 0 saturated carbocycles. The molecule has 2 saturated heterocycles. The molecule has 0 unspecified atom stereocenters. The highest BCUT2D eigenvalue weighted by Gasteiger charge is 2.47. The van der Waals surface area contributed by atoms with Crippen LogP contribution < -0.4 is 10.1 Å². The van der Waals surface area contributed by atoms with Crippen LogP contribution in [0.2, 0.25) is 0 Å². The zero-order chi connectivity index (χ0) is 16.4. The van der Waals surface area contributed by atoms with Crippen molar-refractivity contribution < 1.29 is 23.9 Å². The molecule has 0 atom stereocenters. The third-order valence-electron chi connectivity index (χ3n) is 4.40. The number of nitrogens with zero attached hydrogens (tertiary/aromatic N) is 1. The number of rotatable bonds is 3. The lowest BCUT2D eigenvalue weighted by molar-refractivity contribution is -0.124. The van der Waals surface area contributed by atoms with Crippen LogP contribution in [-0.4, -0.2) is 47.6 Å². The van der Waals surface area contributed by atoms with Crippen LogP contribution in [0.3, 0.4) is 0 Å². The van der Waals surface area contributed by atoms with Gasteiger partial charge < -0.3 is 15.0 Å². The third kappa shape index (κ3) is 2.81. The SMILES string of the molecule is O=COc1cccc(C(=O)N2CCC3(CC2)NC(=O)CC3=O)c1. The average Bonchev–Trinajstić information content (AvgIpc) is 2.82. The molecular weight excluding hydrogens is 300 g/mol. The number of carbonyl (C=O) groups is 4. The first-order valence-electron chi connectivity index (χ1n) is 7.38. The number of carbonyl (C=O) groups excluding carboxylic acids is 4. The molecule has 0 aliphatic carbocycles. The van der Waals surface area contributed by atoms with Gasteiger partial charge in [0.15, 0.2) is 5.78 Å². The Labute approximate surface area is 132 Å². The number of hydrogen-bond acceptors (Lipinski definition) is 5. The maximum atomic E-state index is 12.5. The highest BCUT2D eigenvalue weighted by atomic mass is 16.5. The second-order valence-corrected chi connectivity index (χ2v) is 5.76. The van der Waals surface area contributed by atoms with Crippen molar-refractivity contribution in [2.24, 2.45) is 0 Å². The smallest absolute Gasteiger partial charge is 0.298 e. The van der Waals surface area contributed by atoms with Crippen molar-refractivity contribution in [1.29, 1.82) is 0 Å². The minimum atomic E-state index is -0.795. The Hall–Kier alpha value is -2.70. The van der Waals surface area contributed by atoms with E-state index in [9.17, 15) is 19.2 Å². The number of amides is 2. The standard InChI is InChI=1S/C16H16N2O5/c19-10-23-12-3-1-2-11(8-12)15(22)18-6-4-16(5-7-18)13(20)9-14(21)17-16/h1-3,8,10H,4-7,9H2,(H,17,21). The second kappa shape index (κ2) is 5.83. The van der Waals surface area contributed by atoms with Gasteiger partial charge in [-0.1, -0.05) is 6.07 Å². The number of hydrogen-bond donors (Lipinski definition) is 1. The summed E-state index contributed by atoms with van der Waals surface area (Å²) >= 11 is 0. The minimum absolute atomic E-state index is 0.0704. The van der Waals surface area contributed by atoms with Crippen LogP contribution in [0.25, 0.3) is 0 Å². The van der Waals surface area contributed by atoms with Crippen molar-refractivity contribution in [1.82, 2.24) is 10.2 Å². The van der Waals surface area contributed by atoms with Gasteiger partial charge in [-0.15, -0.1) is 0 Å². The first kappa shape index (κ1) is 15.2. The van der Waals surface area contributed by atoms with Crippen LogP contribution in [0, 0.1) is 0 Å². The van der Waals surface area contributed by atoms with E-state index in [1.165, 1.54) is 6.07 Å². The van der Waals surface area contributed by atoms with E-state index in [4.69, 9.17) is 4.74 Å². The molecule has 2 aliphatic heterocycles. The molecule has 3 rings (SSSR count). The second-order valence-electron chi connectivity index (χ2n) is 5.76. The molecular formula is C16H16N2O5. The summed E-state index contributed by atoms with van der Waals surface area (Å²) in [5.74, 6) is -0.213. The van der Waals surface area contributed by atoms with Gasteiger partial charge in [0, 0.05) is 18.7 Å². The normalized spacial score (nSPS) is 19.6. The Bertz CT molecular complexity index is 677. The maximum absolute atomic E-state index is 12.5. The first-order chi connectivity index (χ1) is 11.0. The van der Waals surface area contributed by atoms with Crippen molar-refractivity contribution in [2.75, 3.05) is 13.1 Å². The summed E-state index contributed by atoms with van der Waals surface area (Å²) in [4.78, 5) is 47.9. The van der Waals surface area contributed by atoms with Crippen LogP contribution in [0.5, 0.6) is 5.75 Å². The van der Waals surface area contributed by atoms with Crippen molar-refractivity contribution >= 4 is 24.1 Å². The van der Waals surface area contributed by atoms with Gasteiger partial charge in [0.2, 0.25) is 5.91 Å². The van der Waals surface area contributed by atoms with Crippen molar-refractivity contribution in [3.8, 4) is 5.75 Å². The van der Waals surface area contributed by atoms with E-state index in [-0.39, 0.29) is 24.0 Å². The van der Waals surface area contributed by atoms with Gasteiger partial charge in [-0.3, -0.25) is 19.2 Å². The van der Waals surface area contributed by atoms with Gasteiger partial charge >= 0.3 is 0 Å². The van der Waals surface area contributed by atoms with Gasteiger partial charge in [-0.05, 0) is 31.0 Å². The lowest BCUT2D eigenvalue weighted by Crippen LogP contribution is -2.55. The van der Waals surface area contributed by atoms with Crippen LogP contribution in [0.4, 0.5) is 0 Å². The molecule has 1 N–H and O–H groups in total. The molecule has 7 heteroatoms. The Kier molecular flexibility index (Phi) is 3.85. The predicted octanol–water partition coefficient (Wildman–Crippen LogP) is 0.286. The number of nitrogens with one attached hydrogen (secondary N) is 1. The molecule has 23 heavy (non-hydrogen) atoms. The van der Waals surface area contributed by atoms with Gasteiger partial charge in [0.1, 0.15) is 11.3 Å². The number of ketones is 1. The largest absolute Gasteiger partial charge is 0.429 e. The van der Waals surface area contributed by atoms with E-state index >= 15 is 0 Å². The number of benzene rings is 1. The fourth-order valence-electron chi connectivity index (χ4n) is 3.13. The van der Waals surface area contributed by atoms with Gasteiger partial charge in [-0.2, -0.15) is 0 Å². The fraction of sp³-hybridized carbons (Fsp3) is 0.375. The van der Waals surface area contributed by atoms with Gasteiger partial charge in [0.05, 0.1) is 6.42 Å². The number of Topliss-reactive ketones (excluding diaryl/α,β-unsaturated/α-hetero) is 1. The quantitative estimate of drug-likeness (QED) is 0.639. The monoisotopic (exact) mass is 316 g/mol.